The lowest BCUT2D eigenvalue weighted by Crippen LogP contribution is -2.49. The molecule has 106 valence electrons. The lowest BCUT2D eigenvalue weighted by Gasteiger charge is -2.20. The second-order valence-corrected chi connectivity index (χ2v) is 7.22. The Kier molecular flexibility index (Phi) is 6.51. The molecule has 1 unspecified atom stereocenters. The molecule has 1 atom stereocenters. The molecule has 1 aromatic rings. The molecule has 19 heavy (non-hydrogen) atoms. The third kappa shape index (κ3) is 5.74. The van der Waals surface area contributed by atoms with E-state index < -0.39 is 6.04 Å². The molecule has 2 amide bonds. The van der Waals surface area contributed by atoms with E-state index in [1.807, 2.05) is 26.0 Å². The smallest absolute Gasteiger partial charge is 0.242 e. The Morgan fingerprint density at radius 2 is 2.05 bits per heavy atom. The average Bonchev–Trinajstić information content (AvgIpc) is 2.71. The molecule has 1 rings (SSSR count). The molecule has 0 saturated heterocycles. The molecule has 0 fully saturated rings. The molecule has 0 saturated carbocycles. The first kappa shape index (κ1) is 16.2. The summed E-state index contributed by atoms with van der Waals surface area (Å²) in [4.78, 5) is 24.3. The quantitative estimate of drug-likeness (QED) is 0.830. The van der Waals surface area contributed by atoms with Crippen LogP contribution in [-0.4, -0.2) is 24.4 Å². The van der Waals surface area contributed by atoms with Crippen LogP contribution < -0.4 is 10.6 Å². The summed E-state index contributed by atoms with van der Waals surface area (Å²) in [5.74, 6) is -0.239. The molecule has 0 spiro atoms. The van der Waals surface area contributed by atoms with E-state index >= 15 is 0 Å². The van der Waals surface area contributed by atoms with Crippen LogP contribution in [-0.2, 0) is 16.0 Å². The van der Waals surface area contributed by atoms with Crippen LogP contribution in [0.3, 0.4) is 0 Å². The molecule has 1 heterocycles. The summed E-state index contributed by atoms with van der Waals surface area (Å²) < 4.78 is 1.09. The Hall–Kier alpha value is -0.880. The van der Waals surface area contributed by atoms with Crippen LogP contribution >= 0.6 is 27.3 Å². The van der Waals surface area contributed by atoms with Crippen molar-refractivity contribution in [3.05, 3.63) is 20.8 Å². The minimum atomic E-state index is -0.465. The van der Waals surface area contributed by atoms with Gasteiger partial charge in [-0.1, -0.05) is 13.8 Å². The van der Waals surface area contributed by atoms with Gasteiger partial charge in [0.15, 0.2) is 0 Å². The minimum absolute atomic E-state index is 0.0692. The summed E-state index contributed by atoms with van der Waals surface area (Å²) in [7, 11) is 0. The number of hydrogen-bond acceptors (Lipinski definition) is 3. The van der Waals surface area contributed by atoms with Crippen molar-refractivity contribution < 1.29 is 9.59 Å². The number of thiophene rings is 1. The van der Waals surface area contributed by atoms with Gasteiger partial charge < -0.3 is 10.6 Å². The monoisotopic (exact) mass is 346 g/mol. The van der Waals surface area contributed by atoms with Crippen molar-refractivity contribution in [3.63, 3.8) is 0 Å². The van der Waals surface area contributed by atoms with Crippen molar-refractivity contribution in [2.75, 3.05) is 6.54 Å². The molecule has 0 aliphatic rings. The number of nitrogens with one attached hydrogen (secondary N) is 2. The van der Waals surface area contributed by atoms with Crippen LogP contribution in [0.2, 0.25) is 0 Å². The fourth-order valence-corrected chi connectivity index (χ4v) is 3.14. The largest absolute Gasteiger partial charge is 0.354 e. The molecule has 0 bridgehead atoms. The lowest BCUT2D eigenvalue weighted by molar-refractivity contribution is -0.129. The molecule has 0 aromatic carbocycles. The molecule has 0 radical (unpaired) electrons. The molecule has 0 aliphatic carbocycles. The Labute approximate surface area is 126 Å². The van der Waals surface area contributed by atoms with E-state index in [2.05, 4.69) is 26.6 Å². The highest BCUT2D eigenvalue weighted by atomic mass is 79.9. The van der Waals surface area contributed by atoms with Crippen molar-refractivity contribution in [1.29, 1.82) is 0 Å². The fraction of sp³-hybridized carbons (Fsp3) is 0.538. The summed E-state index contributed by atoms with van der Waals surface area (Å²) in [5, 5.41) is 5.54. The summed E-state index contributed by atoms with van der Waals surface area (Å²) >= 11 is 5.07. The number of amides is 2. The first-order valence-corrected chi connectivity index (χ1v) is 7.80. The van der Waals surface area contributed by atoms with Gasteiger partial charge in [0.1, 0.15) is 6.04 Å². The SMILES string of the molecule is CC(=O)NC(C(=O)NCCc1ccc(Br)s1)C(C)C. The van der Waals surface area contributed by atoms with Gasteiger partial charge in [-0.2, -0.15) is 0 Å². The van der Waals surface area contributed by atoms with Crippen molar-refractivity contribution >= 4 is 39.1 Å². The van der Waals surface area contributed by atoms with Gasteiger partial charge in [0.05, 0.1) is 3.79 Å². The number of halogens is 1. The third-order valence-electron chi connectivity index (χ3n) is 2.61. The Bertz CT molecular complexity index is 446. The Balaban J connectivity index is 2.42. The second-order valence-electron chi connectivity index (χ2n) is 4.67. The van der Waals surface area contributed by atoms with Gasteiger partial charge in [-0.25, -0.2) is 0 Å². The van der Waals surface area contributed by atoms with Gasteiger partial charge >= 0.3 is 0 Å². The van der Waals surface area contributed by atoms with Gasteiger partial charge in [-0.05, 0) is 40.4 Å². The van der Waals surface area contributed by atoms with Crippen LogP contribution in [0.4, 0.5) is 0 Å². The van der Waals surface area contributed by atoms with Gasteiger partial charge in [0.25, 0.3) is 0 Å². The van der Waals surface area contributed by atoms with Crippen LogP contribution in [0.25, 0.3) is 0 Å². The predicted molar refractivity (Wildman–Crippen MR) is 81.2 cm³/mol. The summed E-state index contributed by atoms with van der Waals surface area (Å²) in [6, 6.07) is 3.57. The normalized spacial score (nSPS) is 12.3. The van der Waals surface area contributed by atoms with Gasteiger partial charge in [-0.15, -0.1) is 11.3 Å². The van der Waals surface area contributed by atoms with E-state index in [0.29, 0.717) is 6.54 Å². The first-order chi connectivity index (χ1) is 8.90. The molecule has 4 nitrogen and oxygen atoms in total. The van der Waals surface area contributed by atoms with E-state index in [1.54, 1.807) is 11.3 Å². The molecule has 6 heteroatoms. The Morgan fingerprint density at radius 1 is 1.37 bits per heavy atom. The van der Waals surface area contributed by atoms with E-state index in [4.69, 9.17) is 0 Å². The maximum absolute atomic E-state index is 12.0. The zero-order valence-electron chi connectivity index (χ0n) is 11.3. The van der Waals surface area contributed by atoms with E-state index in [9.17, 15) is 9.59 Å². The summed E-state index contributed by atoms with van der Waals surface area (Å²) in [6.45, 7) is 5.83. The van der Waals surface area contributed by atoms with Crippen molar-refractivity contribution in [3.8, 4) is 0 Å². The average molecular weight is 347 g/mol. The minimum Gasteiger partial charge on any atom is -0.354 e. The molecule has 0 aliphatic heterocycles. The highest BCUT2D eigenvalue weighted by molar-refractivity contribution is 9.11. The van der Waals surface area contributed by atoms with E-state index in [-0.39, 0.29) is 17.7 Å². The maximum atomic E-state index is 12.0. The number of carbonyl (C=O) groups excluding carboxylic acids is 2. The maximum Gasteiger partial charge on any atom is 0.242 e. The highest BCUT2D eigenvalue weighted by Crippen LogP contribution is 2.22. The zero-order valence-corrected chi connectivity index (χ0v) is 13.7. The van der Waals surface area contributed by atoms with Gasteiger partial charge in [-0.3, -0.25) is 9.59 Å². The van der Waals surface area contributed by atoms with E-state index in [0.717, 1.165) is 10.2 Å². The number of carbonyl (C=O) groups is 2. The summed E-state index contributed by atoms with van der Waals surface area (Å²) in [5.41, 5.74) is 0. The Morgan fingerprint density at radius 3 is 2.53 bits per heavy atom. The predicted octanol–water partition coefficient (Wildman–Crippen LogP) is 2.33. The van der Waals surface area contributed by atoms with Crippen molar-refractivity contribution in [2.24, 2.45) is 5.92 Å². The van der Waals surface area contributed by atoms with Crippen LogP contribution in [0.5, 0.6) is 0 Å². The number of rotatable bonds is 6. The van der Waals surface area contributed by atoms with Gasteiger partial charge in [0, 0.05) is 18.3 Å². The van der Waals surface area contributed by atoms with Crippen molar-refractivity contribution in [1.82, 2.24) is 10.6 Å². The standard InChI is InChI=1S/C13H19BrN2O2S/c1-8(2)12(16-9(3)17)13(18)15-7-6-10-4-5-11(14)19-10/h4-5,8,12H,6-7H2,1-3H3,(H,15,18)(H,16,17). The number of hydrogen-bond donors (Lipinski definition) is 2. The molecular weight excluding hydrogens is 328 g/mol. The van der Waals surface area contributed by atoms with Crippen LogP contribution in [0, 0.1) is 5.92 Å². The van der Waals surface area contributed by atoms with Crippen LogP contribution in [0.1, 0.15) is 25.6 Å². The van der Waals surface area contributed by atoms with Crippen molar-refractivity contribution in [2.45, 2.75) is 33.2 Å². The molecule has 1 aromatic heterocycles. The first-order valence-electron chi connectivity index (χ1n) is 6.19. The lowest BCUT2D eigenvalue weighted by atomic mass is 10.0. The third-order valence-corrected chi connectivity index (χ3v) is 4.29. The van der Waals surface area contributed by atoms with E-state index in [1.165, 1.54) is 11.8 Å². The fourth-order valence-electron chi connectivity index (χ4n) is 1.66. The van der Waals surface area contributed by atoms with Gasteiger partial charge in [0.2, 0.25) is 11.8 Å². The van der Waals surface area contributed by atoms with Crippen LogP contribution in [0.15, 0.2) is 15.9 Å². The molecule has 2 N–H and O–H groups in total. The second kappa shape index (κ2) is 7.65. The molecular formula is C13H19BrN2O2S. The highest BCUT2D eigenvalue weighted by Gasteiger charge is 2.22. The zero-order chi connectivity index (χ0) is 14.4. The summed E-state index contributed by atoms with van der Waals surface area (Å²) in [6.07, 6.45) is 0.799. The topological polar surface area (TPSA) is 58.2 Å².